The molecule has 2 aliphatic heterocycles. The lowest BCUT2D eigenvalue weighted by atomic mass is 10.1. The number of piperazine rings is 1. The largest absolute Gasteiger partial charge is 0.493 e. The van der Waals surface area contributed by atoms with Gasteiger partial charge in [-0.2, -0.15) is 0 Å². The Morgan fingerprint density at radius 2 is 1.80 bits per heavy atom. The fourth-order valence-corrected chi connectivity index (χ4v) is 4.66. The van der Waals surface area contributed by atoms with E-state index in [4.69, 9.17) is 4.74 Å². The van der Waals surface area contributed by atoms with E-state index in [0.29, 0.717) is 13.1 Å². The maximum atomic E-state index is 12.8. The monoisotopic (exact) mass is 409 g/mol. The Balaban J connectivity index is 1.23. The van der Waals surface area contributed by atoms with Crippen molar-refractivity contribution in [1.29, 1.82) is 0 Å². The van der Waals surface area contributed by atoms with Crippen LogP contribution in [0.4, 0.5) is 0 Å². The molecule has 0 bridgehead atoms. The van der Waals surface area contributed by atoms with E-state index in [0.717, 1.165) is 51.5 Å². The number of amides is 1. The topological polar surface area (TPSA) is 38.4 Å². The number of hydrogen-bond acceptors (Lipinski definition) is 2. The molecule has 160 valence electrons. The van der Waals surface area contributed by atoms with E-state index in [2.05, 4.69) is 50.2 Å². The Morgan fingerprint density at radius 3 is 2.57 bits per heavy atom. The number of nitrogens with zero attached hydrogens (tertiary/aromatic N) is 1. The molecule has 0 saturated carbocycles. The van der Waals surface area contributed by atoms with E-state index in [1.807, 2.05) is 11.9 Å². The molecule has 2 heterocycles. The van der Waals surface area contributed by atoms with Crippen LogP contribution < -0.4 is 14.5 Å². The summed E-state index contributed by atoms with van der Waals surface area (Å²) in [5, 5.41) is 0. The van der Waals surface area contributed by atoms with Gasteiger partial charge >= 0.3 is 0 Å². The van der Waals surface area contributed by atoms with Gasteiger partial charge in [0.15, 0.2) is 6.54 Å². The zero-order chi connectivity index (χ0) is 21.1. The second-order valence-corrected chi connectivity index (χ2v) is 9.07. The predicted molar refractivity (Wildman–Crippen MR) is 118 cm³/mol. The van der Waals surface area contributed by atoms with Crippen LogP contribution in [0.25, 0.3) is 0 Å². The van der Waals surface area contributed by atoms with Crippen LogP contribution in [0.1, 0.15) is 27.8 Å². The Hall–Kier alpha value is -2.37. The lowest BCUT2D eigenvalue weighted by Gasteiger charge is -2.30. The summed E-state index contributed by atoms with van der Waals surface area (Å²) in [5.74, 6) is 1.30. The average Bonchev–Trinajstić information content (AvgIpc) is 3.19. The Kier molecular flexibility index (Phi) is 6.40. The van der Waals surface area contributed by atoms with E-state index >= 15 is 0 Å². The average molecular weight is 410 g/mol. The van der Waals surface area contributed by atoms with Gasteiger partial charge in [0.1, 0.15) is 38.5 Å². The van der Waals surface area contributed by atoms with Crippen molar-refractivity contribution in [2.24, 2.45) is 0 Å². The van der Waals surface area contributed by atoms with Crippen molar-refractivity contribution in [2.75, 3.05) is 46.4 Å². The summed E-state index contributed by atoms with van der Waals surface area (Å²) in [6.45, 7) is 11.8. The molecule has 0 atom stereocenters. The molecule has 5 heteroatoms. The fraction of sp³-hybridized carbons (Fsp3) is 0.480. The van der Waals surface area contributed by atoms with Gasteiger partial charge in [-0.15, -0.1) is 0 Å². The second kappa shape index (κ2) is 9.19. The van der Waals surface area contributed by atoms with Gasteiger partial charge in [-0.3, -0.25) is 4.79 Å². The molecule has 4 rings (SSSR count). The molecule has 1 saturated heterocycles. The molecular formula is C25H35N3O2+2. The van der Waals surface area contributed by atoms with Crippen molar-refractivity contribution in [3.8, 4) is 5.75 Å². The van der Waals surface area contributed by atoms with Gasteiger partial charge in [0.25, 0.3) is 5.91 Å². The number of carbonyl (C=O) groups excluding carboxylic acids is 1. The van der Waals surface area contributed by atoms with Crippen LogP contribution in [0.2, 0.25) is 0 Å². The smallest absolute Gasteiger partial charge is 0.277 e. The van der Waals surface area contributed by atoms with Gasteiger partial charge < -0.3 is 19.4 Å². The van der Waals surface area contributed by atoms with Crippen LogP contribution in [-0.4, -0.2) is 57.2 Å². The zero-order valence-corrected chi connectivity index (χ0v) is 18.6. The number of carbonyl (C=O) groups is 1. The van der Waals surface area contributed by atoms with Crippen LogP contribution in [0, 0.1) is 13.8 Å². The first-order chi connectivity index (χ1) is 14.5. The second-order valence-electron chi connectivity index (χ2n) is 9.07. The molecule has 5 nitrogen and oxygen atoms in total. The molecule has 0 radical (unpaired) electrons. The number of fused-ring (bicyclic) bond motifs is 1. The van der Waals surface area contributed by atoms with Gasteiger partial charge in [0.2, 0.25) is 0 Å². The normalized spacial score (nSPS) is 20.5. The van der Waals surface area contributed by atoms with Gasteiger partial charge in [0.05, 0.1) is 6.61 Å². The third kappa shape index (κ3) is 5.02. The van der Waals surface area contributed by atoms with E-state index < -0.39 is 0 Å². The first-order valence-electron chi connectivity index (χ1n) is 11.2. The lowest BCUT2D eigenvalue weighted by molar-refractivity contribution is -1.02. The molecule has 0 aromatic heterocycles. The SMILES string of the molecule is Cc1ccc(CN(C)C(=O)C[NH+]2CC[NH+](Cc3ccc4c(c3)CCO4)CC2)c(C)c1. The van der Waals surface area contributed by atoms with E-state index in [1.54, 1.807) is 4.90 Å². The number of hydrogen-bond donors (Lipinski definition) is 2. The molecule has 2 aromatic rings. The number of rotatable bonds is 6. The molecule has 1 fully saturated rings. The third-order valence-corrected chi connectivity index (χ3v) is 6.60. The molecule has 2 N–H and O–H groups in total. The Bertz CT molecular complexity index is 903. The van der Waals surface area contributed by atoms with Crippen LogP contribution >= 0.6 is 0 Å². The van der Waals surface area contributed by atoms with Crippen LogP contribution in [-0.2, 0) is 24.3 Å². The highest BCUT2D eigenvalue weighted by molar-refractivity contribution is 5.76. The number of benzene rings is 2. The first-order valence-corrected chi connectivity index (χ1v) is 11.2. The number of nitrogens with one attached hydrogen (secondary N) is 2. The van der Waals surface area contributed by atoms with Gasteiger partial charge in [-0.25, -0.2) is 0 Å². The Labute approximate surface area is 180 Å². The van der Waals surface area contributed by atoms with Gasteiger partial charge in [-0.05, 0) is 48.7 Å². The van der Waals surface area contributed by atoms with Gasteiger partial charge in [0, 0.05) is 25.6 Å². The van der Waals surface area contributed by atoms with Crippen LogP contribution in [0.5, 0.6) is 5.75 Å². The van der Waals surface area contributed by atoms with Crippen LogP contribution in [0.3, 0.4) is 0 Å². The summed E-state index contributed by atoms with van der Waals surface area (Å²) in [7, 11) is 1.93. The maximum absolute atomic E-state index is 12.8. The Morgan fingerprint density at radius 1 is 1.03 bits per heavy atom. The minimum atomic E-state index is 0.243. The molecule has 2 aliphatic rings. The zero-order valence-electron chi connectivity index (χ0n) is 18.6. The van der Waals surface area contributed by atoms with Gasteiger partial charge in [-0.1, -0.05) is 23.8 Å². The fourth-order valence-electron chi connectivity index (χ4n) is 4.66. The predicted octanol–water partition coefficient (Wildman–Crippen LogP) is 0.180. The quantitative estimate of drug-likeness (QED) is 0.715. The van der Waals surface area contributed by atoms with Crippen molar-refractivity contribution in [1.82, 2.24) is 4.90 Å². The first kappa shape index (κ1) is 20.9. The van der Waals surface area contributed by atoms with Crippen LogP contribution in [0.15, 0.2) is 36.4 Å². The van der Waals surface area contributed by atoms with Crippen molar-refractivity contribution in [2.45, 2.75) is 33.4 Å². The number of quaternary nitrogens is 2. The number of aryl methyl sites for hydroxylation is 2. The molecule has 30 heavy (non-hydrogen) atoms. The third-order valence-electron chi connectivity index (χ3n) is 6.60. The highest BCUT2D eigenvalue weighted by atomic mass is 16.5. The van der Waals surface area contributed by atoms with Crippen molar-refractivity contribution >= 4 is 5.91 Å². The summed E-state index contributed by atoms with van der Waals surface area (Å²) in [6.07, 6.45) is 1.04. The number of ether oxygens (including phenoxy) is 1. The molecular weight excluding hydrogens is 374 g/mol. The highest BCUT2D eigenvalue weighted by Gasteiger charge is 2.26. The highest BCUT2D eigenvalue weighted by Crippen LogP contribution is 2.25. The molecule has 0 unspecified atom stereocenters. The molecule has 0 spiro atoms. The van der Waals surface area contributed by atoms with Crippen molar-refractivity contribution < 1.29 is 19.3 Å². The summed E-state index contributed by atoms with van der Waals surface area (Å²) < 4.78 is 5.62. The summed E-state index contributed by atoms with van der Waals surface area (Å²) >= 11 is 0. The standard InChI is InChI=1S/C25H33N3O2/c1-19-4-6-23(20(2)14-19)17-26(3)25(29)18-28-11-9-27(10-12-28)16-21-5-7-24-22(15-21)8-13-30-24/h4-7,14-15H,8-13,16-18H2,1-3H3/p+2. The molecule has 1 amide bonds. The molecule has 0 aliphatic carbocycles. The summed E-state index contributed by atoms with van der Waals surface area (Å²) in [6, 6.07) is 13.1. The van der Waals surface area contributed by atoms with E-state index in [9.17, 15) is 4.79 Å². The van der Waals surface area contributed by atoms with E-state index in [1.165, 1.54) is 32.7 Å². The lowest BCUT2D eigenvalue weighted by Crippen LogP contribution is -3.28. The maximum Gasteiger partial charge on any atom is 0.277 e. The molecule has 2 aromatic carbocycles. The minimum absolute atomic E-state index is 0.243. The number of likely N-dealkylation sites (N-methyl/N-ethyl adjacent to an activating group) is 1. The van der Waals surface area contributed by atoms with E-state index in [-0.39, 0.29) is 5.91 Å². The summed E-state index contributed by atoms with van der Waals surface area (Å²) in [5.41, 5.74) is 6.52. The minimum Gasteiger partial charge on any atom is -0.493 e. The summed E-state index contributed by atoms with van der Waals surface area (Å²) in [4.78, 5) is 17.7. The van der Waals surface area contributed by atoms with Crippen molar-refractivity contribution in [3.63, 3.8) is 0 Å². The van der Waals surface area contributed by atoms with Crippen molar-refractivity contribution in [3.05, 3.63) is 64.2 Å².